The van der Waals surface area contributed by atoms with Crippen molar-refractivity contribution in [1.29, 1.82) is 0 Å². The van der Waals surface area contributed by atoms with Crippen molar-refractivity contribution >= 4 is 33.3 Å². The van der Waals surface area contributed by atoms with E-state index in [0.29, 0.717) is 12.0 Å². The lowest BCUT2D eigenvalue weighted by atomic mass is 10.1. The summed E-state index contributed by atoms with van der Waals surface area (Å²) in [7, 11) is 0. The van der Waals surface area contributed by atoms with Gasteiger partial charge in [0, 0.05) is 49.1 Å². The van der Waals surface area contributed by atoms with Crippen LogP contribution >= 0.6 is 11.3 Å². The van der Waals surface area contributed by atoms with Crippen LogP contribution in [-0.2, 0) is 4.79 Å². The highest BCUT2D eigenvalue weighted by molar-refractivity contribution is 7.17. The first kappa shape index (κ1) is 20.1. The van der Waals surface area contributed by atoms with E-state index in [9.17, 15) is 4.79 Å². The van der Waals surface area contributed by atoms with Crippen LogP contribution in [0, 0.1) is 0 Å². The van der Waals surface area contributed by atoms with Crippen LogP contribution in [0.1, 0.15) is 44.3 Å². The lowest BCUT2D eigenvalue weighted by molar-refractivity contribution is -0.126. The predicted octanol–water partition coefficient (Wildman–Crippen LogP) is 4.02. The number of nitrogens with zero attached hydrogens (tertiary/aromatic N) is 4. The molecule has 1 unspecified atom stereocenters. The van der Waals surface area contributed by atoms with Gasteiger partial charge in [-0.2, -0.15) is 0 Å². The summed E-state index contributed by atoms with van der Waals surface area (Å²) in [6, 6.07) is 10.9. The second kappa shape index (κ2) is 8.12. The average Bonchev–Trinajstić information content (AvgIpc) is 3.77. The maximum absolute atomic E-state index is 12.5. The highest BCUT2D eigenvalue weighted by Crippen LogP contribution is 2.43. The van der Waals surface area contributed by atoms with Crippen molar-refractivity contribution in [3.8, 4) is 11.1 Å². The number of carbonyl (C=O) groups excluding carboxylic acids is 1. The Labute approximate surface area is 192 Å². The Kier molecular flexibility index (Phi) is 5.11. The van der Waals surface area contributed by atoms with E-state index in [1.807, 2.05) is 6.92 Å². The molecular formula is C25H29N5OS. The largest absolute Gasteiger partial charge is 0.353 e. The second-order valence-corrected chi connectivity index (χ2v) is 10.2. The van der Waals surface area contributed by atoms with Gasteiger partial charge in [0.05, 0.1) is 11.4 Å². The lowest BCUT2D eigenvalue weighted by Gasteiger charge is -2.38. The number of hydrogen-bond acceptors (Lipinski definition) is 6. The number of thiophene rings is 1. The van der Waals surface area contributed by atoms with E-state index in [2.05, 4.69) is 50.8 Å². The Hall–Kier alpha value is -2.51. The van der Waals surface area contributed by atoms with Gasteiger partial charge in [0.25, 0.3) is 0 Å². The molecule has 3 aliphatic rings. The molecule has 1 aliphatic heterocycles. The number of fused-ring (bicyclic) bond motifs is 1. The van der Waals surface area contributed by atoms with Crippen molar-refractivity contribution in [2.45, 2.75) is 50.6 Å². The highest BCUT2D eigenvalue weighted by Gasteiger charge is 2.33. The first-order chi connectivity index (χ1) is 15.7. The molecule has 3 aromatic rings. The van der Waals surface area contributed by atoms with Gasteiger partial charge in [-0.25, -0.2) is 9.97 Å². The molecule has 2 aliphatic carbocycles. The van der Waals surface area contributed by atoms with Crippen molar-refractivity contribution in [1.82, 2.24) is 20.2 Å². The fourth-order valence-electron chi connectivity index (χ4n) is 4.56. The van der Waals surface area contributed by atoms with Crippen molar-refractivity contribution in [3.05, 3.63) is 41.5 Å². The third kappa shape index (κ3) is 3.88. The van der Waals surface area contributed by atoms with Gasteiger partial charge in [-0.3, -0.25) is 9.69 Å². The number of anilines is 1. The molecule has 1 atom stereocenters. The molecule has 7 heteroatoms. The molecule has 3 heterocycles. The molecule has 1 saturated heterocycles. The Bertz CT molecular complexity index is 1130. The zero-order valence-corrected chi connectivity index (χ0v) is 19.3. The van der Waals surface area contributed by atoms with Gasteiger partial charge < -0.3 is 10.2 Å². The van der Waals surface area contributed by atoms with E-state index in [1.54, 1.807) is 11.3 Å². The van der Waals surface area contributed by atoms with Gasteiger partial charge in [-0.1, -0.05) is 30.3 Å². The van der Waals surface area contributed by atoms with Crippen LogP contribution in [-0.4, -0.2) is 59.0 Å². The molecule has 32 heavy (non-hydrogen) atoms. The zero-order valence-electron chi connectivity index (χ0n) is 18.5. The monoisotopic (exact) mass is 447 g/mol. The molecular weight excluding hydrogens is 418 g/mol. The van der Waals surface area contributed by atoms with Crippen molar-refractivity contribution in [2.75, 3.05) is 31.1 Å². The molecule has 3 fully saturated rings. The minimum atomic E-state index is -0.0776. The molecule has 1 N–H and O–H groups in total. The van der Waals surface area contributed by atoms with Crippen LogP contribution in [0.3, 0.4) is 0 Å². The van der Waals surface area contributed by atoms with E-state index in [4.69, 9.17) is 9.97 Å². The van der Waals surface area contributed by atoms with E-state index in [1.165, 1.54) is 29.4 Å². The van der Waals surface area contributed by atoms with E-state index < -0.39 is 0 Å². The number of piperazine rings is 1. The molecule has 0 spiro atoms. The summed E-state index contributed by atoms with van der Waals surface area (Å²) in [6.07, 6.45) is 4.65. The van der Waals surface area contributed by atoms with Crippen LogP contribution in [0.25, 0.3) is 21.3 Å². The number of carbonyl (C=O) groups is 1. The van der Waals surface area contributed by atoms with Gasteiger partial charge >= 0.3 is 0 Å². The molecule has 166 valence electrons. The molecule has 1 aromatic carbocycles. The van der Waals surface area contributed by atoms with E-state index in [0.717, 1.165) is 55.5 Å². The van der Waals surface area contributed by atoms with E-state index >= 15 is 0 Å². The maximum atomic E-state index is 12.5. The van der Waals surface area contributed by atoms with Crippen molar-refractivity contribution in [2.24, 2.45) is 0 Å². The normalized spacial score (nSPS) is 20.5. The summed E-state index contributed by atoms with van der Waals surface area (Å²) in [4.78, 5) is 28.4. The molecule has 1 amide bonds. The summed E-state index contributed by atoms with van der Waals surface area (Å²) in [5.74, 6) is 2.78. The fourth-order valence-corrected chi connectivity index (χ4v) is 5.51. The molecule has 0 bridgehead atoms. The highest BCUT2D eigenvalue weighted by atomic mass is 32.1. The van der Waals surface area contributed by atoms with Crippen molar-refractivity contribution < 1.29 is 4.79 Å². The number of benzene rings is 1. The van der Waals surface area contributed by atoms with Crippen LogP contribution in [0.15, 0.2) is 35.7 Å². The van der Waals surface area contributed by atoms with Crippen LogP contribution in [0.4, 0.5) is 5.82 Å². The maximum Gasteiger partial charge on any atom is 0.237 e. The summed E-state index contributed by atoms with van der Waals surface area (Å²) in [5, 5.41) is 6.56. The van der Waals surface area contributed by atoms with Gasteiger partial charge in [0.15, 0.2) is 0 Å². The smallest absolute Gasteiger partial charge is 0.237 e. The topological polar surface area (TPSA) is 61.4 Å². The van der Waals surface area contributed by atoms with Crippen LogP contribution in [0.5, 0.6) is 0 Å². The quantitative estimate of drug-likeness (QED) is 0.618. The Morgan fingerprint density at radius 2 is 1.81 bits per heavy atom. The predicted molar refractivity (Wildman–Crippen MR) is 129 cm³/mol. The lowest BCUT2D eigenvalue weighted by Crippen LogP contribution is -2.54. The molecule has 2 aromatic heterocycles. The molecule has 2 saturated carbocycles. The minimum Gasteiger partial charge on any atom is -0.353 e. The average molecular weight is 448 g/mol. The van der Waals surface area contributed by atoms with E-state index in [-0.39, 0.29) is 11.9 Å². The SMILES string of the molecule is CC(C(=O)NC1CC1)N1CCN(c2nc(C3CC3)nc3scc(-c4ccccc4)c23)CC1. The number of hydrogen-bond donors (Lipinski definition) is 1. The van der Waals surface area contributed by atoms with Crippen molar-refractivity contribution in [3.63, 3.8) is 0 Å². The number of rotatable bonds is 6. The summed E-state index contributed by atoms with van der Waals surface area (Å²) in [6.45, 7) is 5.53. The van der Waals surface area contributed by atoms with Gasteiger partial charge in [-0.05, 0) is 38.2 Å². The number of amides is 1. The zero-order chi connectivity index (χ0) is 21.7. The minimum absolute atomic E-state index is 0.0776. The number of nitrogens with one attached hydrogen (secondary N) is 1. The summed E-state index contributed by atoms with van der Waals surface area (Å²) >= 11 is 1.73. The Morgan fingerprint density at radius 3 is 2.50 bits per heavy atom. The number of aromatic nitrogens is 2. The summed E-state index contributed by atoms with van der Waals surface area (Å²) < 4.78 is 0. The Balaban J connectivity index is 1.28. The second-order valence-electron chi connectivity index (χ2n) is 9.36. The molecule has 6 nitrogen and oxygen atoms in total. The first-order valence-corrected chi connectivity index (χ1v) is 12.7. The van der Waals surface area contributed by atoms with Gasteiger partial charge in [-0.15, -0.1) is 11.3 Å². The molecule has 6 rings (SSSR count). The first-order valence-electron chi connectivity index (χ1n) is 11.8. The van der Waals surface area contributed by atoms with Crippen LogP contribution in [0.2, 0.25) is 0 Å². The third-order valence-corrected chi connectivity index (χ3v) is 7.80. The van der Waals surface area contributed by atoms with Crippen LogP contribution < -0.4 is 10.2 Å². The Morgan fingerprint density at radius 1 is 1.06 bits per heavy atom. The van der Waals surface area contributed by atoms with Gasteiger partial charge in [0.2, 0.25) is 5.91 Å². The third-order valence-electron chi connectivity index (χ3n) is 6.92. The fraction of sp³-hybridized carbons (Fsp3) is 0.480. The molecule has 0 radical (unpaired) electrons. The standard InChI is InChI=1S/C25H29N5OS/c1-16(24(31)26-19-9-10-19)29-11-13-30(14-12-29)23-21-20(17-5-3-2-4-6-17)15-32-25(21)28-22(27-23)18-7-8-18/h2-6,15-16,18-19H,7-14H2,1H3,(H,26,31). The van der Waals surface area contributed by atoms with Gasteiger partial charge in [0.1, 0.15) is 16.5 Å². The summed E-state index contributed by atoms with van der Waals surface area (Å²) in [5.41, 5.74) is 2.44.